The first-order valence-electron chi connectivity index (χ1n) is 10.4. The second-order valence-corrected chi connectivity index (χ2v) is 7.68. The molecule has 2 aromatic carbocycles. The molecule has 0 saturated heterocycles. The molecule has 0 amide bonds. The third-order valence-corrected chi connectivity index (χ3v) is 5.93. The Morgan fingerprint density at radius 2 is 1.87 bits per heavy atom. The Hall–Kier alpha value is -4.00. The van der Waals surface area contributed by atoms with Crippen molar-refractivity contribution in [3.05, 3.63) is 101 Å². The zero-order valence-corrected chi connectivity index (χ0v) is 16.9. The van der Waals surface area contributed by atoms with Gasteiger partial charge in [0.2, 0.25) is 5.95 Å². The van der Waals surface area contributed by atoms with E-state index in [2.05, 4.69) is 69.1 Å². The Morgan fingerprint density at radius 3 is 2.68 bits per heavy atom. The molecule has 0 radical (unpaired) electrons. The average molecular weight is 408 g/mol. The zero-order valence-electron chi connectivity index (χ0n) is 16.9. The normalized spacial score (nSPS) is 19.0. The van der Waals surface area contributed by atoms with Crippen molar-refractivity contribution in [3.8, 4) is 5.75 Å². The fraction of sp³-hybridized carbons (Fsp3) is 0.167. The van der Waals surface area contributed by atoms with Gasteiger partial charge < -0.3 is 10.1 Å². The summed E-state index contributed by atoms with van der Waals surface area (Å²) in [6.45, 7) is 2.16. The topological polar surface area (TPSA) is 77.8 Å². The maximum atomic E-state index is 6.60. The van der Waals surface area contributed by atoms with Crippen molar-refractivity contribution in [2.75, 3.05) is 5.32 Å². The Bertz CT molecular complexity index is 1280. The molecule has 4 heterocycles. The van der Waals surface area contributed by atoms with E-state index in [4.69, 9.17) is 4.74 Å². The number of aromatic nitrogens is 5. The molecule has 0 bridgehead atoms. The molecule has 7 heteroatoms. The highest BCUT2D eigenvalue weighted by atomic mass is 16.5. The molecule has 2 aliphatic heterocycles. The van der Waals surface area contributed by atoms with E-state index in [0.717, 1.165) is 40.1 Å². The number of ether oxygens (including phenoxy) is 1. The van der Waals surface area contributed by atoms with Crippen molar-refractivity contribution >= 4 is 11.6 Å². The third-order valence-electron chi connectivity index (χ3n) is 5.93. The van der Waals surface area contributed by atoms with Gasteiger partial charge in [0.05, 0.1) is 5.70 Å². The summed E-state index contributed by atoms with van der Waals surface area (Å²) in [5.41, 5.74) is 6.44. The molecule has 1 N–H and O–H groups in total. The highest BCUT2D eigenvalue weighted by Crippen LogP contribution is 2.50. The summed E-state index contributed by atoms with van der Waals surface area (Å²) >= 11 is 0. The average Bonchev–Trinajstić information content (AvgIpc) is 3.31. The van der Waals surface area contributed by atoms with Gasteiger partial charge in [-0.1, -0.05) is 54.5 Å². The number of rotatable bonds is 3. The molecular weight excluding hydrogens is 388 g/mol. The maximum Gasteiger partial charge on any atom is 0.248 e. The number of pyridine rings is 1. The maximum absolute atomic E-state index is 6.60. The first-order valence-corrected chi connectivity index (χ1v) is 10.4. The second kappa shape index (κ2) is 7.05. The number of hydrogen-bond donors (Lipinski definition) is 1. The van der Waals surface area contributed by atoms with E-state index >= 15 is 0 Å². The lowest BCUT2D eigenvalue weighted by molar-refractivity contribution is 0.222. The van der Waals surface area contributed by atoms with Crippen molar-refractivity contribution < 1.29 is 4.74 Å². The van der Waals surface area contributed by atoms with Crippen LogP contribution in [-0.2, 0) is 6.42 Å². The van der Waals surface area contributed by atoms with Gasteiger partial charge >= 0.3 is 0 Å². The van der Waals surface area contributed by atoms with Crippen LogP contribution in [0.4, 0.5) is 5.95 Å². The Labute approximate surface area is 179 Å². The molecule has 6 rings (SSSR count). The molecule has 2 aliphatic rings. The standard InChI is InChI=1S/C24H20N6O/c1-2-15-9-11-16(12-10-15)23-20-21(18-7-3-4-8-19(18)31-23)26-24-27-28-29-30(24)22(20)17-6-5-13-25-14-17/h3-14,22-23H,2H2,1H3,(H,26,27,29)/t22-,23+/m0/s1. The van der Waals surface area contributed by atoms with Crippen LogP contribution in [0.3, 0.4) is 0 Å². The molecule has 31 heavy (non-hydrogen) atoms. The van der Waals surface area contributed by atoms with Gasteiger partial charge in [0.1, 0.15) is 17.9 Å². The van der Waals surface area contributed by atoms with Gasteiger partial charge in [0.25, 0.3) is 0 Å². The molecule has 7 nitrogen and oxygen atoms in total. The van der Waals surface area contributed by atoms with E-state index in [0.29, 0.717) is 5.95 Å². The summed E-state index contributed by atoms with van der Waals surface area (Å²) in [6.07, 6.45) is 4.35. The first kappa shape index (κ1) is 17.8. The Kier molecular flexibility index (Phi) is 4.06. The minimum Gasteiger partial charge on any atom is -0.480 e. The molecule has 0 unspecified atom stereocenters. The van der Waals surface area contributed by atoms with Gasteiger partial charge in [-0.3, -0.25) is 4.98 Å². The Balaban J connectivity index is 1.60. The lowest BCUT2D eigenvalue weighted by Crippen LogP contribution is -2.32. The first-order chi connectivity index (χ1) is 15.3. The fourth-order valence-corrected chi connectivity index (χ4v) is 4.40. The predicted octanol–water partition coefficient (Wildman–Crippen LogP) is 4.19. The van der Waals surface area contributed by atoms with E-state index in [1.165, 1.54) is 5.56 Å². The molecule has 0 fully saturated rings. The number of nitrogens with one attached hydrogen (secondary N) is 1. The van der Waals surface area contributed by atoms with Gasteiger partial charge in [-0.05, 0) is 51.7 Å². The number of nitrogens with zero attached hydrogens (tertiary/aromatic N) is 5. The number of fused-ring (bicyclic) bond motifs is 3. The van der Waals surface area contributed by atoms with Gasteiger partial charge in [-0.25, -0.2) is 0 Å². The summed E-state index contributed by atoms with van der Waals surface area (Å²) in [5.74, 6) is 1.44. The van der Waals surface area contributed by atoms with Crippen LogP contribution < -0.4 is 10.1 Å². The largest absolute Gasteiger partial charge is 0.480 e. The predicted molar refractivity (Wildman–Crippen MR) is 116 cm³/mol. The number of benzene rings is 2. The molecule has 4 aromatic rings. The molecule has 152 valence electrons. The molecule has 0 saturated carbocycles. The minimum atomic E-state index is -0.286. The van der Waals surface area contributed by atoms with Crippen molar-refractivity contribution in [3.63, 3.8) is 0 Å². The quantitative estimate of drug-likeness (QED) is 0.548. The number of tetrazole rings is 1. The molecule has 0 aliphatic carbocycles. The highest BCUT2D eigenvalue weighted by Gasteiger charge is 2.41. The number of anilines is 1. The second-order valence-electron chi connectivity index (χ2n) is 7.68. The number of para-hydroxylation sites is 1. The summed E-state index contributed by atoms with van der Waals surface area (Å²) in [6, 6.07) is 20.5. The zero-order chi connectivity index (χ0) is 20.8. The van der Waals surface area contributed by atoms with E-state index in [9.17, 15) is 0 Å². The van der Waals surface area contributed by atoms with Gasteiger partial charge in [-0.2, -0.15) is 4.68 Å². The van der Waals surface area contributed by atoms with Crippen LogP contribution in [-0.4, -0.2) is 25.2 Å². The van der Waals surface area contributed by atoms with Crippen LogP contribution in [0, 0.1) is 0 Å². The van der Waals surface area contributed by atoms with Crippen LogP contribution in [0.2, 0.25) is 0 Å². The summed E-state index contributed by atoms with van der Waals surface area (Å²) < 4.78 is 8.41. The highest BCUT2D eigenvalue weighted by molar-refractivity contribution is 5.85. The van der Waals surface area contributed by atoms with Gasteiger partial charge in [0.15, 0.2) is 0 Å². The van der Waals surface area contributed by atoms with Crippen LogP contribution in [0.25, 0.3) is 5.70 Å². The molecular formula is C24H20N6O. The van der Waals surface area contributed by atoms with E-state index in [-0.39, 0.29) is 12.1 Å². The number of aryl methyl sites for hydroxylation is 1. The summed E-state index contributed by atoms with van der Waals surface area (Å²) in [4.78, 5) is 4.35. The minimum absolute atomic E-state index is 0.237. The van der Waals surface area contributed by atoms with Crippen LogP contribution in [0.5, 0.6) is 5.75 Å². The van der Waals surface area contributed by atoms with E-state index in [1.54, 1.807) is 10.9 Å². The van der Waals surface area contributed by atoms with Crippen LogP contribution >= 0.6 is 0 Å². The van der Waals surface area contributed by atoms with Crippen molar-refractivity contribution in [1.82, 2.24) is 25.2 Å². The SMILES string of the molecule is CCc1ccc([C@H]2Oc3ccccc3C3=C2[C@H](c2cccnc2)n2nnnc2N3)cc1. The van der Waals surface area contributed by atoms with Gasteiger partial charge in [0, 0.05) is 23.5 Å². The third kappa shape index (κ3) is 2.81. The van der Waals surface area contributed by atoms with Gasteiger partial charge in [-0.15, -0.1) is 0 Å². The van der Waals surface area contributed by atoms with Crippen molar-refractivity contribution in [1.29, 1.82) is 0 Å². The Morgan fingerprint density at radius 1 is 1.00 bits per heavy atom. The monoisotopic (exact) mass is 408 g/mol. The summed E-state index contributed by atoms with van der Waals surface area (Å²) in [5, 5.41) is 15.9. The molecule has 0 spiro atoms. The number of hydrogen-bond acceptors (Lipinski definition) is 6. The smallest absolute Gasteiger partial charge is 0.248 e. The van der Waals surface area contributed by atoms with Crippen LogP contribution in [0.1, 0.15) is 41.3 Å². The molecule has 2 atom stereocenters. The lowest BCUT2D eigenvalue weighted by Gasteiger charge is -2.38. The van der Waals surface area contributed by atoms with E-state index in [1.807, 2.05) is 30.5 Å². The van der Waals surface area contributed by atoms with Crippen LogP contribution in [0.15, 0.2) is 78.6 Å². The van der Waals surface area contributed by atoms with Crippen molar-refractivity contribution in [2.24, 2.45) is 0 Å². The fourth-order valence-electron chi connectivity index (χ4n) is 4.40. The lowest BCUT2D eigenvalue weighted by atomic mass is 9.85. The van der Waals surface area contributed by atoms with E-state index < -0.39 is 0 Å². The molecule has 2 aromatic heterocycles. The van der Waals surface area contributed by atoms with Crippen molar-refractivity contribution in [2.45, 2.75) is 25.5 Å². The summed E-state index contributed by atoms with van der Waals surface area (Å²) in [7, 11) is 0.